The number of ketones is 1. The Kier molecular flexibility index (Phi) is 5.23. The number of aryl methyl sites for hydroxylation is 3. The molecular weight excluding hydrogens is 338 g/mol. The molecule has 1 aromatic heterocycles. The number of aromatic nitrogens is 2. The number of amides is 1. The zero-order chi connectivity index (χ0) is 18.0. The number of Topliss-reactive ketones (excluding diaryl/α,β-unsaturated/α-hetero) is 1. The van der Waals surface area contributed by atoms with Crippen molar-refractivity contribution in [2.24, 2.45) is 0 Å². The van der Waals surface area contributed by atoms with E-state index >= 15 is 0 Å². The molecule has 6 heteroatoms. The summed E-state index contributed by atoms with van der Waals surface area (Å²) < 4.78 is 1.87. The maximum absolute atomic E-state index is 12.6. The van der Waals surface area contributed by atoms with E-state index in [1.54, 1.807) is 4.90 Å². The van der Waals surface area contributed by atoms with E-state index in [0.717, 1.165) is 35.6 Å². The molecule has 0 atom stereocenters. The van der Waals surface area contributed by atoms with Gasteiger partial charge in [0.05, 0.1) is 5.69 Å². The van der Waals surface area contributed by atoms with E-state index in [2.05, 4.69) is 5.10 Å². The summed E-state index contributed by atoms with van der Waals surface area (Å²) in [6, 6.07) is 7.47. The molecule has 1 aromatic carbocycles. The number of rotatable bonds is 5. The second-order valence-corrected chi connectivity index (χ2v) is 6.99. The number of benzene rings is 1. The van der Waals surface area contributed by atoms with Gasteiger partial charge in [-0.3, -0.25) is 14.5 Å². The lowest BCUT2D eigenvalue weighted by Crippen LogP contribution is -2.37. The Labute approximate surface area is 152 Å². The van der Waals surface area contributed by atoms with Gasteiger partial charge < -0.3 is 0 Å². The van der Waals surface area contributed by atoms with Crippen molar-refractivity contribution >= 4 is 29.1 Å². The zero-order valence-electron chi connectivity index (χ0n) is 14.6. The van der Waals surface area contributed by atoms with E-state index < -0.39 is 0 Å². The van der Waals surface area contributed by atoms with Crippen LogP contribution in [0.5, 0.6) is 0 Å². The summed E-state index contributed by atoms with van der Waals surface area (Å²) in [4.78, 5) is 26.6. The molecule has 2 heterocycles. The van der Waals surface area contributed by atoms with Crippen molar-refractivity contribution in [2.75, 3.05) is 11.4 Å². The molecule has 3 rings (SSSR count). The van der Waals surface area contributed by atoms with Crippen molar-refractivity contribution in [3.63, 3.8) is 0 Å². The van der Waals surface area contributed by atoms with Crippen LogP contribution in [0.3, 0.4) is 0 Å². The Morgan fingerprint density at radius 3 is 2.76 bits per heavy atom. The standard InChI is InChI=1S/C19H22ClN3O2/c1-13-4-5-16(20)11-15(13)12-17(24)6-7-19(25)22-8-3-9-23-18(22)10-14(2)21-23/h4-5,10-11H,3,6-9,12H2,1-2H3. The van der Waals surface area contributed by atoms with E-state index in [1.807, 2.05) is 42.8 Å². The predicted octanol–water partition coefficient (Wildman–Crippen LogP) is 3.48. The van der Waals surface area contributed by atoms with Crippen LogP contribution < -0.4 is 4.90 Å². The van der Waals surface area contributed by atoms with Crippen LogP contribution in [0, 0.1) is 13.8 Å². The van der Waals surface area contributed by atoms with E-state index in [-0.39, 0.29) is 24.5 Å². The molecule has 1 amide bonds. The highest BCUT2D eigenvalue weighted by atomic mass is 35.5. The van der Waals surface area contributed by atoms with Crippen molar-refractivity contribution in [3.05, 3.63) is 46.1 Å². The quantitative estimate of drug-likeness (QED) is 0.821. The first-order valence-corrected chi connectivity index (χ1v) is 8.93. The van der Waals surface area contributed by atoms with Crippen LogP contribution in [0.2, 0.25) is 5.02 Å². The molecule has 1 aliphatic rings. The number of halogens is 1. The summed E-state index contributed by atoms with van der Waals surface area (Å²) in [5.74, 6) is 0.879. The zero-order valence-corrected chi connectivity index (χ0v) is 15.3. The van der Waals surface area contributed by atoms with E-state index in [9.17, 15) is 9.59 Å². The van der Waals surface area contributed by atoms with Crippen molar-refractivity contribution in [2.45, 2.75) is 46.1 Å². The number of anilines is 1. The molecule has 25 heavy (non-hydrogen) atoms. The minimum Gasteiger partial charge on any atom is -0.299 e. The number of nitrogens with zero attached hydrogens (tertiary/aromatic N) is 3. The van der Waals surface area contributed by atoms with Gasteiger partial charge in [-0.2, -0.15) is 5.10 Å². The van der Waals surface area contributed by atoms with Crippen LogP contribution >= 0.6 is 11.6 Å². The van der Waals surface area contributed by atoms with Gasteiger partial charge in [0.25, 0.3) is 0 Å². The van der Waals surface area contributed by atoms with E-state index in [4.69, 9.17) is 11.6 Å². The van der Waals surface area contributed by atoms with Crippen molar-refractivity contribution in [1.29, 1.82) is 0 Å². The Bertz CT molecular complexity index is 813. The summed E-state index contributed by atoms with van der Waals surface area (Å²) in [5.41, 5.74) is 2.87. The molecule has 0 aliphatic carbocycles. The summed E-state index contributed by atoms with van der Waals surface area (Å²) in [6.45, 7) is 5.40. The summed E-state index contributed by atoms with van der Waals surface area (Å²) in [6.07, 6.45) is 1.67. The first-order chi connectivity index (χ1) is 11.9. The summed E-state index contributed by atoms with van der Waals surface area (Å²) in [5, 5.41) is 5.02. The van der Waals surface area contributed by atoms with Crippen molar-refractivity contribution in [1.82, 2.24) is 9.78 Å². The van der Waals surface area contributed by atoms with Crippen molar-refractivity contribution < 1.29 is 9.59 Å². The molecule has 2 aromatic rings. The predicted molar refractivity (Wildman–Crippen MR) is 98.1 cm³/mol. The molecule has 0 bridgehead atoms. The maximum Gasteiger partial charge on any atom is 0.228 e. The summed E-state index contributed by atoms with van der Waals surface area (Å²) >= 11 is 6.00. The number of hydrogen-bond donors (Lipinski definition) is 0. The van der Waals surface area contributed by atoms with Crippen LogP contribution in [0.25, 0.3) is 0 Å². The van der Waals surface area contributed by atoms with Gasteiger partial charge >= 0.3 is 0 Å². The normalized spacial score (nSPS) is 13.6. The Balaban J connectivity index is 1.59. The van der Waals surface area contributed by atoms with E-state index in [1.165, 1.54) is 0 Å². The first kappa shape index (κ1) is 17.7. The summed E-state index contributed by atoms with van der Waals surface area (Å²) in [7, 11) is 0. The number of hydrogen-bond acceptors (Lipinski definition) is 3. The topological polar surface area (TPSA) is 55.2 Å². The van der Waals surface area contributed by atoms with Gasteiger partial charge in [-0.25, -0.2) is 4.68 Å². The average molecular weight is 360 g/mol. The van der Waals surface area contributed by atoms with Gasteiger partial charge in [-0.15, -0.1) is 0 Å². The van der Waals surface area contributed by atoms with Crippen LogP contribution in [0.15, 0.2) is 24.3 Å². The minimum atomic E-state index is -0.0167. The van der Waals surface area contributed by atoms with Gasteiger partial charge in [0, 0.05) is 43.4 Å². The molecule has 0 unspecified atom stereocenters. The molecular formula is C19H22ClN3O2. The van der Waals surface area contributed by atoms with Crippen LogP contribution in [-0.4, -0.2) is 28.0 Å². The Hall–Kier alpha value is -2.14. The molecule has 0 N–H and O–H groups in total. The molecule has 1 aliphatic heterocycles. The van der Waals surface area contributed by atoms with Crippen LogP contribution in [0.4, 0.5) is 5.82 Å². The van der Waals surface area contributed by atoms with Gasteiger partial charge in [0.2, 0.25) is 5.91 Å². The highest BCUT2D eigenvalue weighted by Crippen LogP contribution is 2.23. The largest absolute Gasteiger partial charge is 0.299 e. The smallest absolute Gasteiger partial charge is 0.228 e. The second-order valence-electron chi connectivity index (χ2n) is 6.55. The molecule has 0 radical (unpaired) electrons. The lowest BCUT2D eigenvalue weighted by Gasteiger charge is -2.27. The molecule has 132 valence electrons. The maximum atomic E-state index is 12.6. The third-order valence-corrected chi connectivity index (χ3v) is 4.76. The molecule has 5 nitrogen and oxygen atoms in total. The fraction of sp³-hybridized carbons (Fsp3) is 0.421. The molecule has 0 fully saturated rings. The minimum absolute atomic E-state index is 0.0167. The lowest BCUT2D eigenvalue weighted by atomic mass is 10.0. The van der Waals surface area contributed by atoms with Gasteiger partial charge in [0.1, 0.15) is 11.6 Å². The third kappa shape index (κ3) is 4.10. The Morgan fingerprint density at radius 1 is 1.16 bits per heavy atom. The number of carbonyl (C=O) groups is 2. The fourth-order valence-corrected chi connectivity index (χ4v) is 3.37. The second kappa shape index (κ2) is 7.40. The highest BCUT2D eigenvalue weighted by molar-refractivity contribution is 6.30. The number of fused-ring (bicyclic) bond motifs is 1. The molecule has 0 saturated heterocycles. The van der Waals surface area contributed by atoms with Gasteiger partial charge in [0.15, 0.2) is 0 Å². The van der Waals surface area contributed by atoms with Gasteiger partial charge in [-0.1, -0.05) is 17.7 Å². The third-order valence-electron chi connectivity index (χ3n) is 4.53. The Morgan fingerprint density at radius 2 is 1.96 bits per heavy atom. The first-order valence-electron chi connectivity index (χ1n) is 8.55. The SMILES string of the molecule is Cc1cc2n(n1)CCCN2C(=O)CCC(=O)Cc1cc(Cl)ccc1C. The molecule has 0 saturated carbocycles. The van der Waals surface area contributed by atoms with Crippen LogP contribution in [0.1, 0.15) is 36.1 Å². The lowest BCUT2D eigenvalue weighted by molar-refractivity contribution is -0.123. The van der Waals surface area contributed by atoms with Crippen molar-refractivity contribution in [3.8, 4) is 0 Å². The van der Waals surface area contributed by atoms with Crippen LogP contribution in [-0.2, 0) is 22.6 Å². The average Bonchev–Trinajstić information content (AvgIpc) is 2.96. The highest BCUT2D eigenvalue weighted by Gasteiger charge is 2.24. The van der Waals surface area contributed by atoms with E-state index in [0.29, 0.717) is 18.0 Å². The van der Waals surface area contributed by atoms with Gasteiger partial charge in [-0.05, 0) is 43.5 Å². The number of carbonyl (C=O) groups excluding carboxylic acids is 2. The molecule has 0 spiro atoms. The monoisotopic (exact) mass is 359 g/mol. The fourth-order valence-electron chi connectivity index (χ4n) is 3.17.